The molecular weight excluding hydrogens is 306 g/mol. The third-order valence-electron chi connectivity index (χ3n) is 2.75. The average molecular weight is 327 g/mol. The number of carboxylic acids is 1. The fourth-order valence-corrected chi connectivity index (χ4v) is 1.90. The first-order chi connectivity index (χ1) is 9.76. The molecule has 21 heavy (non-hydrogen) atoms. The molecule has 0 aliphatic heterocycles. The van der Waals surface area contributed by atoms with Crippen LogP contribution in [-0.4, -0.2) is 91.6 Å². The van der Waals surface area contributed by atoms with Gasteiger partial charge < -0.3 is 36.0 Å². The van der Waals surface area contributed by atoms with E-state index in [-0.39, 0.29) is 6.42 Å². The number of amides is 1. The molecule has 9 nitrogen and oxygen atoms in total. The second-order valence-electron chi connectivity index (χ2n) is 4.36. The van der Waals surface area contributed by atoms with E-state index in [2.05, 4.69) is 0 Å². The van der Waals surface area contributed by atoms with Crippen molar-refractivity contribution in [3.63, 3.8) is 0 Å². The van der Waals surface area contributed by atoms with Crippen LogP contribution in [0, 0.1) is 0 Å². The number of nitrogens with one attached hydrogen (secondary N) is 1. The van der Waals surface area contributed by atoms with Crippen molar-refractivity contribution in [2.45, 2.75) is 36.9 Å². The van der Waals surface area contributed by atoms with E-state index in [0.29, 0.717) is 5.75 Å². The molecule has 5 atom stereocenters. The molecule has 0 fully saturated rings. The maximum Gasteiger partial charge on any atom is 0.326 e. The summed E-state index contributed by atoms with van der Waals surface area (Å²) >= 11 is 1.37. The van der Waals surface area contributed by atoms with Crippen molar-refractivity contribution >= 4 is 23.6 Å². The highest BCUT2D eigenvalue weighted by atomic mass is 32.2. The van der Waals surface area contributed by atoms with Gasteiger partial charge in [0.1, 0.15) is 24.4 Å². The molecule has 0 aliphatic carbocycles. The van der Waals surface area contributed by atoms with E-state index in [1.165, 1.54) is 11.8 Å². The van der Waals surface area contributed by atoms with E-state index in [0.717, 1.165) is 0 Å². The van der Waals surface area contributed by atoms with Crippen molar-refractivity contribution < 1.29 is 40.2 Å². The smallest absolute Gasteiger partial charge is 0.326 e. The SMILES string of the molecule is CSCC[C@H](NC(=O)[C@H](O)[C@H](O)[C@H](O)[C@H](O)CO)C(=O)O. The molecule has 0 saturated heterocycles. The van der Waals surface area contributed by atoms with Crippen LogP contribution in [0.25, 0.3) is 0 Å². The Bertz CT molecular complexity index is 342. The van der Waals surface area contributed by atoms with Crippen LogP contribution >= 0.6 is 11.8 Å². The number of thioether (sulfide) groups is 1. The predicted octanol–water partition coefficient (Wildman–Crippen LogP) is -3.26. The monoisotopic (exact) mass is 327 g/mol. The lowest BCUT2D eigenvalue weighted by Gasteiger charge is -2.25. The highest BCUT2D eigenvalue weighted by Crippen LogP contribution is 2.07. The first kappa shape index (κ1) is 20.1. The molecule has 124 valence electrons. The molecule has 0 radical (unpaired) electrons. The number of aliphatic hydroxyl groups excluding tert-OH is 5. The quantitative estimate of drug-likeness (QED) is 0.218. The van der Waals surface area contributed by atoms with Crippen LogP contribution in [0.5, 0.6) is 0 Å². The van der Waals surface area contributed by atoms with Crippen LogP contribution in [0.15, 0.2) is 0 Å². The Morgan fingerprint density at radius 2 is 1.71 bits per heavy atom. The molecule has 0 saturated carbocycles. The normalized spacial score (nSPS) is 18.4. The third kappa shape index (κ3) is 6.59. The van der Waals surface area contributed by atoms with Crippen LogP contribution in [0.4, 0.5) is 0 Å². The van der Waals surface area contributed by atoms with Gasteiger partial charge in [0, 0.05) is 0 Å². The zero-order valence-corrected chi connectivity index (χ0v) is 12.2. The minimum Gasteiger partial charge on any atom is -0.480 e. The lowest BCUT2D eigenvalue weighted by molar-refractivity contribution is -0.153. The van der Waals surface area contributed by atoms with Gasteiger partial charge in [0.25, 0.3) is 5.91 Å². The number of hydrogen-bond acceptors (Lipinski definition) is 8. The number of hydrogen-bond donors (Lipinski definition) is 7. The third-order valence-corrected chi connectivity index (χ3v) is 3.39. The summed E-state index contributed by atoms with van der Waals surface area (Å²) < 4.78 is 0. The maximum atomic E-state index is 11.6. The van der Waals surface area contributed by atoms with Gasteiger partial charge in [-0.1, -0.05) is 0 Å². The Morgan fingerprint density at radius 1 is 1.14 bits per heavy atom. The van der Waals surface area contributed by atoms with Crippen molar-refractivity contribution in [3.05, 3.63) is 0 Å². The number of rotatable bonds is 10. The number of aliphatic carboxylic acids is 1. The molecule has 0 aromatic rings. The van der Waals surface area contributed by atoms with Crippen LogP contribution in [0.2, 0.25) is 0 Å². The Morgan fingerprint density at radius 3 is 2.14 bits per heavy atom. The molecule has 0 aliphatic rings. The fraction of sp³-hybridized carbons (Fsp3) is 0.818. The van der Waals surface area contributed by atoms with Gasteiger partial charge in [-0.05, 0) is 18.4 Å². The Balaban J connectivity index is 4.64. The zero-order valence-electron chi connectivity index (χ0n) is 11.4. The minimum atomic E-state index is -2.14. The summed E-state index contributed by atoms with van der Waals surface area (Å²) in [5, 5.41) is 57.1. The largest absolute Gasteiger partial charge is 0.480 e. The summed E-state index contributed by atoms with van der Waals surface area (Å²) in [5.41, 5.74) is 0. The van der Waals surface area contributed by atoms with Crippen LogP contribution < -0.4 is 5.32 Å². The van der Waals surface area contributed by atoms with E-state index < -0.39 is 48.9 Å². The fourth-order valence-electron chi connectivity index (χ4n) is 1.43. The van der Waals surface area contributed by atoms with Gasteiger partial charge in [-0.3, -0.25) is 4.79 Å². The molecular formula is C11H21NO8S. The molecule has 1 amide bonds. The first-order valence-electron chi connectivity index (χ1n) is 6.11. The topological polar surface area (TPSA) is 168 Å². The number of carboxylic acid groups (broad SMARTS) is 1. The molecule has 0 aromatic heterocycles. The van der Waals surface area contributed by atoms with E-state index in [1.54, 1.807) is 6.26 Å². The summed E-state index contributed by atoms with van der Waals surface area (Å²) in [5.74, 6) is -2.03. The zero-order chi connectivity index (χ0) is 16.6. The summed E-state index contributed by atoms with van der Waals surface area (Å²) in [7, 11) is 0. The molecule has 0 aromatic carbocycles. The van der Waals surface area contributed by atoms with E-state index in [9.17, 15) is 24.9 Å². The average Bonchev–Trinajstić information content (AvgIpc) is 2.47. The van der Waals surface area contributed by atoms with Crippen molar-refractivity contribution in [2.24, 2.45) is 0 Å². The lowest BCUT2D eigenvalue weighted by Crippen LogP contribution is -2.54. The van der Waals surface area contributed by atoms with Gasteiger partial charge in [0.15, 0.2) is 6.10 Å². The van der Waals surface area contributed by atoms with Gasteiger partial charge >= 0.3 is 5.97 Å². The standard InChI is InChI=1S/C11H21NO8S/c1-21-3-2-5(11(19)20)12-10(18)9(17)8(16)7(15)6(14)4-13/h5-9,13-17H,2-4H2,1H3,(H,12,18)(H,19,20)/t5-,6+,7+,8+,9+/m0/s1. The van der Waals surface area contributed by atoms with Crippen LogP contribution in [-0.2, 0) is 9.59 Å². The number of carbonyl (C=O) groups is 2. The lowest BCUT2D eigenvalue weighted by atomic mass is 10.0. The highest BCUT2D eigenvalue weighted by molar-refractivity contribution is 7.98. The number of carbonyl (C=O) groups excluding carboxylic acids is 1. The number of aliphatic hydroxyl groups is 5. The van der Waals surface area contributed by atoms with E-state index in [4.69, 9.17) is 15.3 Å². The van der Waals surface area contributed by atoms with E-state index in [1.807, 2.05) is 5.32 Å². The first-order valence-corrected chi connectivity index (χ1v) is 7.50. The molecule has 7 N–H and O–H groups in total. The van der Waals surface area contributed by atoms with E-state index >= 15 is 0 Å². The molecule has 10 heteroatoms. The van der Waals surface area contributed by atoms with Gasteiger partial charge in [0.2, 0.25) is 0 Å². The predicted molar refractivity (Wildman–Crippen MR) is 73.7 cm³/mol. The summed E-state index contributed by atoms with van der Waals surface area (Å²) in [6, 6.07) is -1.24. The maximum absolute atomic E-state index is 11.6. The van der Waals surface area contributed by atoms with Crippen molar-refractivity contribution in [1.29, 1.82) is 0 Å². The minimum absolute atomic E-state index is 0.118. The second-order valence-corrected chi connectivity index (χ2v) is 5.34. The van der Waals surface area contributed by atoms with Crippen molar-refractivity contribution in [3.8, 4) is 0 Å². The second kappa shape index (κ2) is 9.92. The van der Waals surface area contributed by atoms with Crippen molar-refractivity contribution in [1.82, 2.24) is 5.32 Å². The summed E-state index contributed by atoms with van der Waals surface area (Å²) in [6.07, 6.45) is -6.03. The highest BCUT2D eigenvalue weighted by Gasteiger charge is 2.35. The summed E-state index contributed by atoms with van der Waals surface area (Å²) in [6.45, 7) is -0.877. The van der Waals surface area contributed by atoms with Gasteiger partial charge in [-0.15, -0.1) is 0 Å². The molecule has 0 bridgehead atoms. The summed E-state index contributed by atoms with van der Waals surface area (Å²) in [4.78, 5) is 22.6. The van der Waals surface area contributed by atoms with Crippen LogP contribution in [0.3, 0.4) is 0 Å². The molecule has 0 rings (SSSR count). The molecule has 0 spiro atoms. The van der Waals surface area contributed by atoms with Gasteiger partial charge in [-0.25, -0.2) is 4.79 Å². The van der Waals surface area contributed by atoms with Gasteiger partial charge in [-0.2, -0.15) is 11.8 Å². The van der Waals surface area contributed by atoms with Gasteiger partial charge in [0.05, 0.1) is 6.61 Å². The Labute approximate surface area is 125 Å². The van der Waals surface area contributed by atoms with Crippen molar-refractivity contribution in [2.75, 3.05) is 18.6 Å². The molecule has 0 unspecified atom stereocenters. The Hall–Kier alpha value is -0.910. The Kier molecular flexibility index (Phi) is 9.49. The van der Waals surface area contributed by atoms with Crippen LogP contribution in [0.1, 0.15) is 6.42 Å². The molecule has 0 heterocycles.